The molecule has 0 saturated carbocycles. The molecule has 0 aliphatic carbocycles. The van der Waals surface area contributed by atoms with E-state index in [9.17, 15) is 4.79 Å². The Labute approximate surface area is 89.7 Å². The molecule has 1 atom stereocenters. The van der Waals surface area contributed by atoms with Crippen molar-refractivity contribution in [2.24, 2.45) is 0 Å². The minimum absolute atomic E-state index is 0.0676. The van der Waals surface area contributed by atoms with Crippen molar-refractivity contribution in [1.29, 1.82) is 0 Å². The summed E-state index contributed by atoms with van der Waals surface area (Å²) in [5.41, 5.74) is 0. The van der Waals surface area contributed by atoms with Crippen LogP contribution < -0.4 is 5.32 Å². The predicted octanol–water partition coefficient (Wildman–Crippen LogP) is 0.517. The van der Waals surface area contributed by atoms with Crippen LogP contribution in [0.15, 0.2) is 0 Å². The second kappa shape index (κ2) is 9.30. The fraction of sp³-hybridized carbons (Fsp3) is 0.889. The Morgan fingerprint density at radius 2 is 2.21 bits per heavy atom. The fourth-order valence-electron chi connectivity index (χ4n) is 0.699. The van der Waals surface area contributed by atoms with Gasteiger partial charge in [0.05, 0.1) is 13.2 Å². The molecule has 1 N–H and O–H groups in total. The maximum Gasteiger partial charge on any atom is 0.246 e. The number of amides is 1. The predicted molar refractivity (Wildman–Crippen MR) is 58.7 cm³/mol. The Morgan fingerprint density at radius 1 is 1.50 bits per heavy atom. The molecule has 1 amide bonds. The highest BCUT2D eigenvalue weighted by molar-refractivity contribution is 7.99. The van der Waals surface area contributed by atoms with E-state index in [2.05, 4.69) is 12.2 Å². The van der Waals surface area contributed by atoms with Gasteiger partial charge in [0.15, 0.2) is 0 Å². The van der Waals surface area contributed by atoms with E-state index in [1.807, 2.05) is 6.26 Å². The molecule has 84 valence electrons. The molecule has 0 aromatic heterocycles. The van der Waals surface area contributed by atoms with E-state index in [4.69, 9.17) is 9.47 Å². The monoisotopic (exact) mass is 221 g/mol. The summed E-state index contributed by atoms with van der Waals surface area (Å²) in [6, 6.07) is 0. The molecule has 4 nitrogen and oxygen atoms in total. The number of rotatable bonds is 8. The molecule has 0 radical (unpaired) electrons. The molecule has 5 heteroatoms. The van der Waals surface area contributed by atoms with Crippen molar-refractivity contribution in [3.63, 3.8) is 0 Å². The molecule has 0 aliphatic rings. The van der Waals surface area contributed by atoms with Crippen LogP contribution in [0.3, 0.4) is 0 Å². The first-order chi connectivity index (χ1) is 6.70. The van der Waals surface area contributed by atoms with Gasteiger partial charge >= 0.3 is 0 Å². The van der Waals surface area contributed by atoms with Gasteiger partial charge in [-0.05, 0) is 6.26 Å². The van der Waals surface area contributed by atoms with E-state index in [0.29, 0.717) is 25.0 Å². The second-order valence-electron chi connectivity index (χ2n) is 2.90. The van der Waals surface area contributed by atoms with Crippen LogP contribution >= 0.6 is 11.8 Å². The first-order valence-corrected chi connectivity index (χ1v) is 5.85. The molecule has 1 unspecified atom stereocenters. The van der Waals surface area contributed by atoms with Crippen LogP contribution in [0.25, 0.3) is 0 Å². The summed E-state index contributed by atoms with van der Waals surface area (Å²) in [6.07, 6.45) is 2.02. The normalized spacial score (nSPS) is 12.5. The van der Waals surface area contributed by atoms with Crippen molar-refractivity contribution >= 4 is 17.7 Å². The number of nitrogens with one attached hydrogen (secondary N) is 1. The third-order valence-corrected chi connectivity index (χ3v) is 2.63. The van der Waals surface area contributed by atoms with Crippen molar-refractivity contribution in [2.45, 2.75) is 12.2 Å². The molecule has 14 heavy (non-hydrogen) atoms. The highest BCUT2D eigenvalue weighted by Gasteiger charge is 2.03. The van der Waals surface area contributed by atoms with Gasteiger partial charge in [-0.15, -0.1) is 0 Å². The largest absolute Gasteiger partial charge is 0.382 e. The first kappa shape index (κ1) is 13.7. The van der Waals surface area contributed by atoms with Crippen LogP contribution in [0.2, 0.25) is 0 Å². The number of hydrogen-bond donors (Lipinski definition) is 1. The van der Waals surface area contributed by atoms with Crippen LogP contribution in [0.5, 0.6) is 0 Å². The summed E-state index contributed by atoms with van der Waals surface area (Å²) in [7, 11) is 1.60. The van der Waals surface area contributed by atoms with Crippen LogP contribution in [-0.2, 0) is 14.3 Å². The minimum Gasteiger partial charge on any atom is -0.382 e. The lowest BCUT2D eigenvalue weighted by atomic mass is 10.4. The van der Waals surface area contributed by atoms with Crippen LogP contribution in [-0.4, -0.2) is 50.9 Å². The van der Waals surface area contributed by atoms with E-state index in [-0.39, 0.29) is 12.5 Å². The van der Waals surface area contributed by atoms with Crippen molar-refractivity contribution in [3.8, 4) is 0 Å². The molecular weight excluding hydrogens is 202 g/mol. The molecule has 0 rings (SSSR count). The van der Waals surface area contributed by atoms with Crippen molar-refractivity contribution < 1.29 is 14.3 Å². The van der Waals surface area contributed by atoms with Gasteiger partial charge in [-0.3, -0.25) is 4.79 Å². The van der Waals surface area contributed by atoms with E-state index < -0.39 is 0 Å². The van der Waals surface area contributed by atoms with Gasteiger partial charge < -0.3 is 14.8 Å². The van der Waals surface area contributed by atoms with E-state index >= 15 is 0 Å². The van der Waals surface area contributed by atoms with E-state index in [0.717, 1.165) is 0 Å². The maximum atomic E-state index is 11.1. The van der Waals surface area contributed by atoms with Gasteiger partial charge in [-0.2, -0.15) is 11.8 Å². The highest BCUT2D eigenvalue weighted by Crippen LogP contribution is 2.01. The number of methoxy groups -OCH3 is 1. The van der Waals surface area contributed by atoms with Gasteiger partial charge in [0.25, 0.3) is 0 Å². The van der Waals surface area contributed by atoms with Gasteiger partial charge in [0.2, 0.25) is 5.91 Å². The number of carbonyl (C=O) groups excluding carboxylic acids is 1. The van der Waals surface area contributed by atoms with E-state index in [1.54, 1.807) is 18.9 Å². The lowest BCUT2D eigenvalue weighted by Crippen LogP contribution is -2.32. The zero-order valence-corrected chi connectivity index (χ0v) is 9.86. The molecule has 0 spiro atoms. The van der Waals surface area contributed by atoms with Crippen LogP contribution in [0, 0.1) is 0 Å². The van der Waals surface area contributed by atoms with Gasteiger partial charge in [0, 0.05) is 18.9 Å². The third kappa shape index (κ3) is 8.34. The molecule has 0 saturated heterocycles. The summed E-state index contributed by atoms with van der Waals surface area (Å²) in [6.45, 7) is 3.85. The zero-order chi connectivity index (χ0) is 10.8. The Balaban J connectivity index is 3.28. The summed E-state index contributed by atoms with van der Waals surface area (Å²) in [5.74, 6) is -0.0676. The molecule has 0 heterocycles. The topological polar surface area (TPSA) is 47.6 Å². The third-order valence-electron chi connectivity index (χ3n) is 1.65. The smallest absolute Gasteiger partial charge is 0.246 e. The van der Waals surface area contributed by atoms with Gasteiger partial charge in [-0.1, -0.05) is 6.92 Å². The lowest BCUT2D eigenvalue weighted by molar-refractivity contribution is -0.126. The van der Waals surface area contributed by atoms with Crippen molar-refractivity contribution in [1.82, 2.24) is 5.32 Å². The lowest BCUT2D eigenvalue weighted by Gasteiger charge is -2.09. The first-order valence-electron chi connectivity index (χ1n) is 4.57. The quantitative estimate of drug-likeness (QED) is 0.607. The molecule has 0 fully saturated rings. The Bertz CT molecular complexity index is 155. The number of ether oxygens (including phenoxy) is 2. The molecular formula is C9H19NO3S. The Hall–Kier alpha value is -0.260. The molecule has 0 aromatic carbocycles. The van der Waals surface area contributed by atoms with Crippen molar-refractivity contribution in [3.05, 3.63) is 0 Å². The highest BCUT2D eigenvalue weighted by atomic mass is 32.2. The maximum absolute atomic E-state index is 11.1. The summed E-state index contributed by atoms with van der Waals surface area (Å²) in [4.78, 5) is 11.1. The average Bonchev–Trinajstić information content (AvgIpc) is 2.21. The minimum atomic E-state index is -0.0676. The Morgan fingerprint density at radius 3 is 2.79 bits per heavy atom. The number of hydrogen-bond acceptors (Lipinski definition) is 4. The average molecular weight is 221 g/mol. The molecule has 0 aliphatic heterocycles. The molecule has 0 bridgehead atoms. The summed E-state index contributed by atoms with van der Waals surface area (Å²) >= 11 is 1.72. The van der Waals surface area contributed by atoms with Crippen molar-refractivity contribution in [2.75, 3.05) is 39.7 Å². The Kier molecular flexibility index (Phi) is 9.13. The number of carbonyl (C=O) groups is 1. The standard InChI is InChI=1S/C9H19NO3S/c1-8(14-3)6-10-9(11)7-13-5-4-12-2/h8H,4-7H2,1-3H3,(H,10,11). The van der Waals surface area contributed by atoms with Crippen LogP contribution in [0.4, 0.5) is 0 Å². The summed E-state index contributed by atoms with van der Waals surface area (Å²) < 4.78 is 9.84. The second-order valence-corrected chi connectivity index (χ2v) is 4.17. The van der Waals surface area contributed by atoms with Gasteiger partial charge in [0.1, 0.15) is 6.61 Å². The fourth-order valence-corrected chi connectivity index (χ4v) is 0.949. The van der Waals surface area contributed by atoms with Crippen LogP contribution in [0.1, 0.15) is 6.92 Å². The number of thioether (sulfide) groups is 1. The summed E-state index contributed by atoms with van der Waals surface area (Å²) in [5, 5.41) is 3.23. The SMILES string of the molecule is COCCOCC(=O)NCC(C)SC. The van der Waals surface area contributed by atoms with Gasteiger partial charge in [-0.25, -0.2) is 0 Å². The molecule has 0 aromatic rings. The zero-order valence-electron chi connectivity index (χ0n) is 9.04. The van der Waals surface area contributed by atoms with E-state index in [1.165, 1.54) is 0 Å².